The van der Waals surface area contributed by atoms with Crippen LogP contribution in [0.25, 0.3) is 0 Å². The van der Waals surface area contributed by atoms with Gasteiger partial charge in [-0.05, 0) is 66.7 Å². The Labute approximate surface area is 186 Å². The predicted octanol–water partition coefficient (Wildman–Crippen LogP) is 5.94. The number of hydrogen-bond donors (Lipinski definition) is 1. The maximum atomic E-state index is 13.2. The van der Waals surface area contributed by atoms with Crippen LogP contribution < -0.4 is 14.8 Å². The van der Waals surface area contributed by atoms with Crippen molar-refractivity contribution in [2.45, 2.75) is 29.9 Å². The predicted molar refractivity (Wildman–Crippen MR) is 126 cm³/mol. The molecule has 0 radical (unpaired) electrons. The van der Waals surface area contributed by atoms with Crippen molar-refractivity contribution >= 4 is 35.2 Å². The van der Waals surface area contributed by atoms with Gasteiger partial charge in [0.25, 0.3) is 0 Å². The highest BCUT2D eigenvalue weighted by Gasteiger charge is 2.32. The molecule has 2 aromatic rings. The van der Waals surface area contributed by atoms with Crippen molar-refractivity contribution in [1.82, 2.24) is 4.90 Å². The van der Waals surface area contributed by atoms with Gasteiger partial charge in [-0.15, -0.1) is 23.5 Å². The molecule has 1 atom stereocenters. The van der Waals surface area contributed by atoms with Crippen molar-refractivity contribution in [3.05, 3.63) is 53.6 Å². The lowest BCUT2D eigenvalue weighted by Crippen LogP contribution is -2.34. The van der Waals surface area contributed by atoms with Gasteiger partial charge in [-0.1, -0.05) is 12.1 Å². The van der Waals surface area contributed by atoms with Gasteiger partial charge in [-0.25, -0.2) is 4.79 Å². The molecule has 2 heterocycles. The first-order chi connectivity index (χ1) is 14.7. The molecule has 5 nitrogen and oxygen atoms in total. The molecule has 2 fully saturated rings. The Morgan fingerprint density at radius 2 is 1.90 bits per heavy atom. The number of benzene rings is 2. The molecule has 2 saturated heterocycles. The van der Waals surface area contributed by atoms with E-state index < -0.39 is 0 Å². The van der Waals surface area contributed by atoms with Gasteiger partial charge in [-0.3, -0.25) is 0 Å². The van der Waals surface area contributed by atoms with Crippen LogP contribution in [-0.2, 0) is 0 Å². The summed E-state index contributed by atoms with van der Waals surface area (Å²) in [4.78, 5) is 15.1. The molecule has 0 saturated carbocycles. The Morgan fingerprint density at radius 3 is 2.67 bits per heavy atom. The maximum absolute atomic E-state index is 13.2. The number of thioether (sulfide) groups is 2. The molecule has 2 aliphatic rings. The zero-order valence-electron chi connectivity index (χ0n) is 17.4. The van der Waals surface area contributed by atoms with E-state index in [2.05, 4.69) is 17.4 Å². The molecule has 0 aliphatic carbocycles. The third-order valence-electron chi connectivity index (χ3n) is 5.55. The number of anilines is 1. The van der Waals surface area contributed by atoms with Crippen LogP contribution in [0.1, 0.15) is 41.0 Å². The normalized spacial score (nSPS) is 19.5. The summed E-state index contributed by atoms with van der Waals surface area (Å²) in [5, 5.41) is 3.13. The number of urea groups is 1. The molecule has 0 spiro atoms. The van der Waals surface area contributed by atoms with Gasteiger partial charge >= 0.3 is 6.03 Å². The Morgan fingerprint density at radius 1 is 1.07 bits per heavy atom. The molecular formula is C23H28N2O3S2. The van der Waals surface area contributed by atoms with E-state index in [-0.39, 0.29) is 12.1 Å². The number of carbonyl (C=O) groups is 1. The van der Waals surface area contributed by atoms with Gasteiger partial charge in [-0.2, -0.15) is 0 Å². The molecule has 4 rings (SSSR count). The third kappa shape index (κ3) is 4.67. The second kappa shape index (κ2) is 9.88. The van der Waals surface area contributed by atoms with E-state index in [1.54, 1.807) is 14.2 Å². The van der Waals surface area contributed by atoms with Crippen LogP contribution in [0.3, 0.4) is 0 Å². The van der Waals surface area contributed by atoms with Crippen LogP contribution in [0.2, 0.25) is 0 Å². The van der Waals surface area contributed by atoms with Crippen LogP contribution in [0, 0.1) is 0 Å². The Balaban J connectivity index is 1.51. The quantitative estimate of drug-likeness (QED) is 0.618. The smallest absolute Gasteiger partial charge is 0.322 e. The number of carbonyl (C=O) groups excluding carboxylic acids is 1. The zero-order valence-corrected chi connectivity index (χ0v) is 19.1. The first-order valence-electron chi connectivity index (χ1n) is 10.3. The number of amides is 2. The van der Waals surface area contributed by atoms with Crippen molar-refractivity contribution in [3.8, 4) is 11.5 Å². The van der Waals surface area contributed by atoms with Gasteiger partial charge in [0.15, 0.2) is 0 Å². The lowest BCUT2D eigenvalue weighted by atomic mass is 10.0. The van der Waals surface area contributed by atoms with Crippen molar-refractivity contribution in [3.63, 3.8) is 0 Å². The highest BCUT2D eigenvalue weighted by Crippen LogP contribution is 2.44. The monoisotopic (exact) mass is 444 g/mol. The van der Waals surface area contributed by atoms with Gasteiger partial charge in [0.05, 0.1) is 24.8 Å². The summed E-state index contributed by atoms with van der Waals surface area (Å²) in [5.74, 6) is 3.96. The lowest BCUT2D eigenvalue weighted by Gasteiger charge is -2.27. The van der Waals surface area contributed by atoms with E-state index in [9.17, 15) is 4.79 Å². The van der Waals surface area contributed by atoms with E-state index in [0.29, 0.717) is 4.58 Å². The molecule has 1 unspecified atom stereocenters. The number of nitrogens with one attached hydrogen (secondary N) is 1. The SMILES string of the molecule is COc1ccc(OC)c(C2CCCN2C(=O)Nc2cccc(C3SCCCS3)c2)c1. The minimum absolute atomic E-state index is 0.0253. The summed E-state index contributed by atoms with van der Waals surface area (Å²) in [6.45, 7) is 0.727. The van der Waals surface area contributed by atoms with E-state index in [0.717, 1.165) is 42.1 Å². The van der Waals surface area contributed by atoms with Gasteiger partial charge in [0.2, 0.25) is 0 Å². The first kappa shape index (κ1) is 21.2. The molecule has 30 heavy (non-hydrogen) atoms. The number of methoxy groups -OCH3 is 2. The molecular weight excluding hydrogens is 416 g/mol. The first-order valence-corrected chi connectivity index (χ1v) is 12.4. The fourth-order valence-electron chi connectivity index (χ4n) is 4.07. The fourth-order valence-corrected chi connectivity index (χ4v) is 6.94. The topological polar surface area (TPSA) is 50.8 Å². The minimum atomic E-state index is -0.0662. The van der Waals surface area contributed by atoms with E-state index in [4.69, 9.17) is 9.47 Å². The number of rotatable bonds is 5. The molecule has 0 aromatic heterocycles. The summed E-state index contributed by atoms with van der Waals surface area (Å²) in [7, 11) is 3.32. The minimum Gasteiger partial charge on any atom is -0.497 e. The summed E-state index contributed by atoms with van der Waals surface area (Å²) < 4.78 is 11.4. The molecule has 0 bridgehead atoms. The molecule has 2 amide bonds. The number of likely N-dealkylation sites (tertiary alicyclic amines) is 1. The summed E-state index contributed by atoms with van der Waals surface area (Å²) in [6, 6.07) is 14.0. The molecule has 2 aliphatic heterocycles. The number of hydrogen-bond acceptors (Lipinski definition) is 5. The van der Waals surface area contributed by atoms with Gasteiger partial charge in [0, 0.05) is 17.8 Å². The van der Waals surface area contributed by atoms with Crippen LogP contribution in [-0.4, -0.2) is 43.2 Å². The van der Waals surface area contributed by atoms with Crippen LogP contribution >= 0.6 is 23.5 Å². The Kier molecular flexibility index (Phi) is 7.00. The largest absolute Gasteiger partial charge is 0.497 e. The molecule has 7 heteroatoms. The summed E-state index contributed by atoms with van der Waals surface area (Å²) in [5.41, 5.74) is 3.12. The number of ether oxygens (including phenoxy) is 2. The van der Waals surface area contributed by atoms with Crippen molar-refractivity contribution in [1.29, 1.82) is 0 Å². The number of nitrogens with zero attached hydrogens (tertiary/aromatic N) is 1. The summed E-state index contributed by atoms with van der Waals surface area (Å²) in [6.07, 6.45) is 3.15. The zero-order chi connectivity index (χ0) is 20.9. The van der Waals surface area contributed by atoms with Crippen LogP contribution in [0.15, 0.2) is 42.5 Å². The standard InChI is InChI=1S/C23H28N2O3S2/c1-27-18-9-10-21(28-2)19(15-18)20-8-4-11-25(20)23(26)24-17-7-3-6-16(14-17)22-29-12-5-13-30-22/h3,6-7,9-10,14-15,20,22H,4-5,8,11-13H2,1-2H3,(H,24,26). The maximum Gasteiger partial charge on any atom is 0.322 e. The van der Waals surface area contributed by atoms with Gasteiger partial charge < -0.3 is 19.7 Å². The molecule has 2 aromatic carbocycles. The van der Waals surface area contributed by atoms with E-state index in [1.807, 2.05) is 58.8 Å². The average Bonchev–Trinajstić information content (AvgIpc) is 3.29. The third-order valence-corrected chi connectivity index (χ3v) is 8.56. The lowest BCUT2D eigenvalue weighted by molar-refractivity contribution is 0.206. The van der Waals surface area contributed by atoms with Crippen LogP contribution in [0.4, 0.5) is 10.5 Å². The van der Waals surface area contributed by atoms with Crippen molar-refractivity contribution < 1.29 is 14.3 Å². The second-order valence-corrected chi connectivity index (χ2v) is 10.2. The average molecular weight is 445 g/mol. The van der Waals surface area contributed by atoms with Crippen molar-refractivity contribution in [2.75, 3.05) is 37.6 Å². The van der Waals surface area contributed by atoms with Crippen molar-refractivity contribution in [2.24, 2.45) is 0 Å². The van der Waals surface area contributed by atoms with Crippen LogP contribution in [0.5, 0.6) is 11.5 Å². The Hall–Kier alpha value is -1.99. The van der Waals surface area contributed by atoms with Gasteiger partial charge in [0.1, 0.15) is 11.5 Å². The summed E-state index contributed by atoms with van der Waals surface area (Å²) >= 11 is 3.98. The highest BCUT2D eigenvalue weighted by molar-refractivity contribution is 8.16. The van der Waals surface area contributed by atoms with E-state index >= 15 is 0 Å². The highest BCUT2D eigenvalue weighted by atomic mass is 32.2. The fraction of sp³-hybridized carbons (Fsp3) is 0.435. The van der Waals surface area contributed by atoms with E-state index in [1.165, 1.54) is 23.5 Å². The molecule has 1 N–H and O–H groups in total. The Bertz CT molecular complexity index is 887. The second-order valence-electron chi connectivity index (χ2n) is 7.44. The molecule has 160 valence electrons.